The van der Waals surface area contributed by atoms with Gasteiger partial charge in [-0.15, -0.1) is 0 Å². The Balaban J connectivity index is 2.67. The number of hydrogen-bond acceptors (Lipinski definition) is 3. The van der Waals surface area contributed by atoms with Gasteiger partial charge in [0.1, 0.15) is 0 Å². The van der Waals surface area contributed by atoms with Crippen LogP contribution in [0.5, 0.6) is 0 Å². The van der Waals surface area contributed by atoms with Crippen LogP contribution in [-0.2, 0) is 0 Å². The van der Waals surface area contributed by atoms with Gasteiger partial charge >= 0.3 is 0 Å². The summed E-state index contributed by atoms with van der Waals surface area (Å²) in [5.74, 6) is 2.10. The SMILES string of the molecule is CCNC(CSCCCO)c1cc(C)ccc1C. The molecule has 0 spiro atoms. The Morgan fingerprint density at radius 3 is 2.78 bits per heavy atom. The summed E-state index contributed by atoms with van der Waals surface area (Å²) in [5, 5.41) is 12.4. The minimum Gasteiger partial charge on any atom is -0.396 e. The highest BCUT2D eigenvalue weighted by Crippen LogP contribution is 2.23. The van der Waals surface area contributed by atoms with Crippen molar-refractivity contribution in [2.75, 3.05) is 24.7 Å². The van der Waals surface area contributed by atoms with Gasteiger partial charge in [0.25, 0.3) is 0 Å². The highest BCUT2D eigenvalue weighted by molar-refractivity contribution is 7.99. The van der Waals surface area contributed by atoms with E-state index in [9.17, 15) is 0 Å². The zero-order chi connectivity index (χ0) is 13.4. The molecule has 0 aliphatic rings. The van der Waals surface area contributed by atoms with E-state index in [2.05, 4.69) is 44.3 Å². The van der Waals surface area contributed by atoms with E-state index in [0.29, 0.717) is 12.6 Å². The van der Waals surface area contributed by atoms with E-state index in [1.165, 1.54) is 16.7 Å². The van der Waals surface area contributed by atoms with Gasteiger partial charge in [-0.1, -0.05) is 30.7 Å². The van der Waals surface area contributed by atoms with E-state index < -0.39 is 0 Å². The second-order valence-corrected chi connectivity index (χ2v) is 5.77. The van der Waals surface area contributed by atoms with Crippen molar-refractivity contribution in [1.29, 1.82) is 0 Å². The third-order valence-electron chi connectivity index (χ3n) is 2.99. The summed E-state index contributed by atoms with van der Waals surface area (Å²) in [7, 11) is 0. The van der Waals surface area contributed by atoms with Crippen molar-refractivity contribution in [2.45, 2.75) is 33.2 Å². The minimum absolute atomic E-state index is 0.294. The Hall–Kier alpha value is -0.510. The van der Waals surface area contributed by atoms with E-state index >= 15 is 0 Å². The summed E-state index contributed by atoms with van der Waals surface area (Å²) < 4.78 is 0. The van der Waals surface area contributed by atoms with Crippen LogP contribution in [0.2, 0.25) is 0 Å². The molecule has 0 aliphatic carbocycles. The van der Waals surface area contributed by atoms with Gasteiger partial charge < -0.3 is 10.4 Å². The van der Waals surface area contributed by atoms with E-state index in [1.54, 1.807) is 0 Å². The first-order chi connectivity index (χ1) is 8.69. The number of hydrogen-bond donors (Lipinski definition) is 2. The highest BCUT2D eigenvalue weighted by Gasteiger charge is 2.12. The molecule has 0 saturated carbocycles. The summed E-state index contributed by atoms with van der Waals surface area (Å²) in [5.41, 5.74) is 4.08. The number of aliphatic hydroxyl groups excluding tert-OH is 1. The Morgan fingerprint density at radius 1 is 1.33 bits per heavy atom. The van der Waals surface area contributed by atoms with Crippen molar-refractivity contribution >= 4 is 11.8 Å². The van der Waals surface area contributed by atoms with Gasteiger partial charge in [-0.25, -0.2) is 0 Å². The zero-order valence-electron chi connectivity index (χ0n) is 11.7. The lowest BCUT2D eigenvalue weighted by atomic mass is 10.00. The summed E-state index contributed by atoms with van der Waals surface area (Å²) in [4.78, 5) is 0. The van der Waals surface area contributed by atoms with Gasteiger partial charge in [0.2, 0.25) is 0 Å². The van der Waals surface area contributed by atoms with Crippen molar-refractivity contribution < 1.29 is 5.11 Å². The predicted molar refractivity (Wildman–Crippen MR) is 81.4 cm³/mol. The first-order valence-electron chi connectivity index (χ1n) is 6.68. The maximum absolute atomic E-state index is 8.80. The highest BCUT2D eigenvalue weighted by atomic mass is 32.2. The van der Waals surface area contributed by atoms with Crippen LogP contribution in [-0.4, -0.2) is 29.8 Å². The third-order valence-corrected chi connectivity index (χ3v) is 4.14. The van der Waals surface area contributed by atoms with Crippen molar-refractivity contribution in [1.82, 2.24) is 5.32 Å². The van der Waals surface area contributed by atoms with Crippen LogP contribution in [0.25, 0.3) is 0 Å². The second kappa shape index (κ2) is 8.57. The molecular formula is C15H25NOS. The number of nitrogens with one attached hydrogen (secondary N) is 1. The average Bonchev–Trinajstić information content (AvgIpc) is 2.36. The lowest BCUT2D eigenvalue weighted by molar-refractivity contribution is 0.296. The monoisotopic (exact) mass is 267 g/mol. The topological polar surface area (TPSA) is 32.3 Å². The molecule has 0 amide bonds. The first-order valence-corrected chi connectivity index (χ1v) is 7.83. The fraction of sp³-hybridized carbons (Fsp3) is 0.600. The molecule has 0 bridgehead atoms. The van der Waals surface area contributed by atoms with Gasteiger partial charge in [-0.2, -0.15) is 11.8 Å². The molecule has 0 heterocycles. The Kier molecular flexibility index (Phi) is 7.40. The molecule has 0 radical (unpaired) electrons. The molecule has 102 valence electrons. The number of benzene rings is 1. The smallest absolute Gasteiger partial charge is 0.0438 e. The van der Waals surface area contributed by atoms with Crippen LogP contribution >= 0.6 is 11.8 Å². The van der Waals surface area contributed by atoms with Crippen molar-refractivity contribution in [2.24, 2.45) is 0 Å². The van der Waals surface area contributed by atoms with Crippen LogP contribution < -0.4 is 5.32 Å². The molecule has 0 saturated heterocycles. The molecule has 1 aromatic rings. The predicted octanol–water partition coefficient (Wildman–Crippen LogP) is 3.07. The number of aliphatic hydroxyl groups is 1. The summed E-state index contributed by atoms with van der Waals surface area (Å²) >= 11 is 1.91. The molecule has 2 N–H and O–H groups in total. The largest absolute Gasteiger partial charge is 0.396 e. The first kappa shape index (κ1) is 15.5. The van der Waals surface area contributed by atoms with Gasteiger partial charge in [-0.05, 0) is 43.7 Å². The van der Waals surface area contributed by atoms with Gasteiger partial charge in [0.05, 0.1) is 0 Å². The molecule has 0 fully saturated rings. The molecule has 1 atom stereocenters. The summed E-state index contributed by atoms with van der Waals surface area (Å²) in [6.07, 6.45) is 0.885. The van der Waals surface area contributed by atoms with E-state index in [-0.39, 0.29) is 0 Å². The van der Waals surface area contributed by atoms with Gasteiger partial charge in [0.15, 0.2) is 0 Å². The van der Waals surface area contributed by atoms with Crippen LogP contribution in [0.3, 0.4) is 0 Å². The van der Waals surface area contributed by atoms with Crippen LogP contribution in [0.4, 0.5) is 0 Å². The Morgan fingerprint density at radius 2 is 2.11 bits per heavy atom. The Bertz CT molecular complexity index is 354. The maximum atomic E-state index is 8.80. The molecule has 0 aliphatic heterocycles. The lowest BCUT2D eigenvalue weighted by Crippen LogP contribution is -2.24. The van der Waals surface area contributed by atoms with E-state index in [0.717, 1.165) is 24.5 Å². The van der Waals surface area contributed by atoms with Crippen LogP contribution in [0.1, 0.15) is 36.1 Å². The van der Waals surface area contributed by atoms with Gasteiger partial charge in [-0.3, -0.25) is 0 Å². The van der Waals surface area contributed by atoms with E-state index in [4.69, 9.17) is 5.11 Å². The summed E-state index contributed by atoms with van der Waals surface area (Å²) in [6.45, 7) is 7.75. The van der Waals surface area contributed by atoms with Crippen LogP contribution in [0.15, 0.2) is 18.2 Å². The minimum atomic E-state index is 0.294. The molecule has 1 aromatic carbocycles. The average molecular weight is 267 g/mol. The quantitative estimate of drug-likeness (QED) is 0.710. The standard InChI is InChI=1S/C15H25NOS/c1-4-16-15(11-18-9-5-8-17)14-10-12(2)6-7-13(14)3/h6-7,10,15-17H,4-5,8-9,11H2,1-3H3. The fourth-order valence-electron chi connectivity index (χ4n) is 2.01. The van der Waals surface area contributed by atoms with Crippen molar-refractivity contribution in [3.8, 4) is 0 Å². The molecule has 1 unspecified atom stereocenters. The van der Waals surface area contributed by atoms with Gasteiger partial charge in [0, 0.05) is 18.4 Å². The molecule has 18 heavy (non-hydrogen) atoms. The summed E-state index contributed by atoms with van der Waals surface area (Å²) in [6, 6.07) is 7.07. The molecule has 2 nitrogen and oxygen atoms in total. The normalized spacial score (nSPS) is 12.7. The third kappa shape index (κ3) is 5.01. The van der Waals surface area contributed by atoms with Crippen molar-refractivity contribution in [3.05, 3.63) is 34.9 Å². The number of aryl methyl sites for hydroxylation is 2. The second-order valence-electron chi connectivity index (χ2n) is 4.62. The Labute approximate surface area is 115 Å². The number of rotatable bonds is 8. The lowest BCUT2D eigenvalue weighted by Gasteiger charge is -2.20. The molecular weight excluding hydrogens is 242 g/mol. The van der Waals surface area contributed by atoms with Crippen LogP contribution in [0, 0.1) is 13.8 Å². The fourth-order valence-corrected chi connectivity index (χ4v) is 3.04. The molecule has 1 rings (SSSR count). The number of thioether (sulfide) groups is 1. The molecule has 0 aromatic heterocycles. The maximum Gasteiger partial charge on any atom is 0.0438 e. The molecule has 3 heteroatoms. The van der Waals surface area contributed by atoms with Crippen molar-refractivity contribution in [3.63, 3.8) is 0 Å². The van der Waals surface area contributed by atoms with E-state index in [1.807, 2.05) is 11.8 Å². The zero-order valence-corrected chi connectivity index (χ0v) is 12.5.